The molecule has 6 nitrogen and oxygen atoms in total. The van der Waals surface area contributed by atoms with Gasteiger partial charge in [-0.05, 0) is 55.0 Å². The average Bonchev–Trinajstić information content (AvgIpc) is 3.12. The molecule has 0 aliphatic carbocycles. The van der Waals surface area contributed by atoms with Gasteiger partial charge < -0.3 is 18.9 Å². The molecule has 1 aliphatic heterocycles. The number of allylic oxidation sites excluding steroid dienone is 1. The van der Waals surface area contributed by atoms with E-state index in [0.29, 0.717) is 33.4 Å². The van der Waals surface area contributed by atoms with E-state index in [9.17, 15) is 9.59 Å². The van der Waals surface area contributed by atoms with E-state index in [4.69, 9.17) is 30.5 Å². The van der Waals surface area contributed by atoms with E-state index in [1.165, 1.54) is 14.2 Å². The molecule has 0 N–H and O–H groups in total. The van der Waals surface area contributed by atoms with E-state index in [1.807, 2.05) is 0 Å². The van der Waals surface area contributed by atoms with Crippen molar-refractivity contribution in [3.8, 4) is 23.0 Å². The summed E-state index contributed by atoms with van der Waals surface area (Å²) in [7, 11) is 3.00. The molecule has 0 amide bonds. The summed E-state index contributed by atoms with van der Waals surface area (Å²) in [5.74, 6) is 0.937. The van der Waals surface area contributed by atoms with Crippen molar-refractivity contribution in [2.75, 3.05) is 14.2 Å². The Bertz CT molecular complexity index is 1220. The zero-order valence-corrected chi connectivity index (χ0v) is 18.4. The number of ether oxygens (including phenoxy) is 4. The second-order valence-electron chi connectivity index (χ2n) is 7.05. The van der Waals surface area contributed by atoms with Crippen molar-refractivity contribution < 1.29 is 28.5 Å². The average molecular weight is 451 g/mol. The molecule has 3 aromatic rings. The first-order chi connectivity index (χ1) is 15.4. The second kappa shape index (κ2) is 8.77. The SMILES string of the molecule is COc1cc(OC)cc(C(=O)Oc2ccc3c(c2C)O/C(=C\c2ccc(Cl)cc2)C3=O)c1. The number of carbonyl (C=O) groups excluding carboxylic acids is 2. The van der Waals surface area contributed by atoms with Crippen LogP contribution in [0.15, 0.2) is 60.4 Å². The van der Waals surface area contributed by atoms with Gasteiger partial charge in [0.05, 0.1) is 25.3 Å². The number of rotatable bonds is 5. The highest BCUT2D eigenvalue weighted by Crippen LogP contribution is 2.39. The monoisotopic (exact) mass is 450 g/mol. The number of benzene rings is 3. The maximum atomic E-state index is 12.8. The fourth-order valence-electron chi connectivity index (χ4n) is 3.27. The molecule has 0 saturated heterocycles. The molecule has 0 bridgehead atoms. The quantitative estimate of drug-likeness (QED) is 0.290. The molecule has 0 radical (unpaired) electrons. The molecule has 7 heteroatoms. The van der Waals surface area contributed by atoms with Gasteiger partial charge >= 0.3 is 5.97 Å². The van der Waals surface area contributed by atoms with Crippen LogP contribution in [0.2, 0.25) is 5.02 Å². The molecule has 0 unspecified atom stereocenters. The molecule has 32 heavy (non-hydrogen) atoms. The molecule has 3 aromatic carbocycles. The number of carbonyl (C=O) groups is 2. The number of hydrogen-bond acceptors (Lipinski definition) is 6. The minimum absolute atomic E-state index is 0.187. The van der Waals surface area contributed by atoms with E-state index in [0.717, 1.165) is 5.56 Å². The third-order valence-corrected chi connectivity index (χ3v) is 5.25. The van der Waals surface area contributed by atoms with Gasteiger partial charge in [0, 0.05) is 16.7 Å². The van der Waals surface area contributed by atoms with Crippen molar-refractivity contribution >= 4 is 29.4 Å². The van der Waals surface area contributed by atoms with Crippen LogP contribution in [0.1, 0.15) is 31.8 Å². The number of ketones is 1. The van der Waals surface area contributed by atoms with E-state index in [-0.39, 0.29) is 22.9 Å². The fourth-order valence-corrected chi connectivity index (χ4v) is 3.40. The Morgan fingerprint density at radius 1 is 0.969 bits per heavy atom. The van der Waals surface area contributed by atoms with Crippen molar-refractivity contribution in [1.82, 2.24) is 0 Å². The van der Waals surface area contributed by atoms with Crippen LogP contribution in [0.3, 0.4) is 0 Å². The maximum Gasteiger partial charge on any atom is 0.343 e. The molecule has 0 fully saturated rings. The highest BCUT2D eigenvalue weighted by Gasteiger charge is 2.30. The predicted octanol–water partition coefficient (Wildman–Crippen LogP) is 5.50. The van der Waals surface area contributed by atoms with E-state index < -0.39 is 5.97 Å². The molecule has 1 aliphatic rings. The van der Waals surface area contributed by atoms with Gasteiger partial charge in [-0.1, -0.05) is 23.7 Å². The normalized spacial score (nSPS) is 13.5. The molecule has 162 valence electrons. The summed E-state index contributed by atoms with van der Waals surface area (Å²) >= 11 is 5.91. The van der Waals surface area contributed by atoms with Crippen LogP contribution in [0.4, 0.5) is 0 Å². The van der Waals surface area contributed by atoms with Crippen LogP contribution in [-0.2, 0) is 0 Å². The fraction of sp³-hybridized carbons (Fsp3) is 0.120. The summed E-state index contributed by atoms with van der Waals surface area (Å²) in [6, 6.07) is 15.0. The molecule has 0 atom stereocenters. The van der Waals surface area contributed by atoms with Crippen LogP contribution >= 0.6 is 11.6 Å². The molecular formula is C25H19ClO6. The van der Waals surface area contributed by atoms with Gasteiger partial charge in [-0.2, -0.15) is 0 Å². The Hall–Kier alpha value is -3.77. The third-order valence-electron chi connectivity index (χ3n) is 4.99. The van der Waals surface area contributed by atoms with Crippen molar-refractivity contribution in [3.05, 3.63) is 87.6 Å². The number of methoxy groups -OCH3 is 2. The number of Topliss-reactive ketones (excluding diaryl/α,β-unsaturated/α-hetero) is 1. The zero-order valence-electron chi connectivity index (χ0n) is 17.6. The number of esters is 1. The van der Waals surface area contributed by atoms with Crippen molar-refractivity contribution in [3.63, 3.8) is 0 Å². The van der Waals surface area contributed by atoms with Gasteiger partial charge in [-0.25, -0.2) is 4.79 Å². The Morgan fingerprint density at radius 2 is 1.62 bits per heavy atom. The predicted molar refractivity (Wildman–Crippen MR) is 120 cm³/mol. The number of halogens is 1. The summed E-state index contributed by atoms with van der Waals surface area (Å²) in [6.45, 7) is 1.73. The highest BCUT2D eigenvalue weighted by molar-refractivity contribution is 6.30. The van der Waals surface area contributed by atoms with Crippen molar-refractivity contribution in [1.29, 1.82) is 0 Å². The molecule has 0 spiro atoms. The molecular weight excluding hydrogens is 432 g/mol. The van der Waals surface area contributed by atoms with E-state index in [2.05, 4.69) is 0 Å². The number of fused-ring (bicyclic) bond motifs is 1. The van der Waals surface area contributed by atoms with Gasteiger partial charge in [0.2, 0.25) is 5.78 Å². The second-order valence-corrected chi connectivity index (χ2v) is 7.48. The van der Waals surface area contributed by atoms with E-state index >= 15 is 0 Å². The van der Waals surface area contributed by atoms with Gasteiger partial charge in [0.25, 0.3) is 0 Å². The molecule has 1 heterocycles. The lowest BCUT2D eigenvalue weighted by atomic mass is 10.1. The van der Waals surface area contributed by atoms with Crippen LogP contribution < -0.4 is 18.9 Å². The van der Waals surface area contributed by atoms with Gasteiger partial charge in [0.15, 0.2) is 5.76 Å². The van der Waals surface area contributed by atoms with Crippen LogP contribution in [-0.4, -0.2) is 26.0 Å². The minimum Gasteiger partial charge on any atom is -0.497 e. The summed E-state index contributed by atoms with van der Waals surface area (Å²) in [5.41, 5.74) is 1.99. The first-order valence-electron chi connectivity index (χ1n) is 9.68. The van der Waals surface area contributed by atoms with Gasteiger partial charge in [0.1, 0.15) is 23.0 Å². The van der Waals surface area contributed by atoms with Gasteiger partial charge in [-0.3, -0.25) is 4.79 Å². The Labute approximate surface area is 189 Å². The Balaban J connectivity index is 1.60. The van der Waals surface area contributed by atoms with Gasteiger partial charge in [-0.15, -0.1) is 0 Å². The lowest BCUT2D eigenvalue weighted by Gasteiger charge is -2.11. The van der Waals surface area contributed by atoms with Crippen LogP contribution in [0.5, 0.6) is 23.0 Å². The lowest BCUT2D eigenvalue weighted by Crippen LogP contribution is -2.10. The standard InChI is InChI=1S/C25H19ClO6/c1-14-21(32-25(28)16-11-18(29-2)13-19(12-16)30-3)9-8-20-23(27)22(31-24(14)20)10-15-4-6-17(26)7-5-15/h4-13H,1-3H3/b22-10-. The third kappa shape index (κ3) is 4.18. The lowest BCUT2D eigenvalue weighted by molar-refractivity contribution is 0.0732. The summed E-state index contributed by atoms with van der Waals surface area (Å²) in [6.07, 6.45) is 1.65. The van der Waals surface area contributed by atoms with Crippen LogP contribution in [0.25, 0.3) is 6.08 Å². The molecule has 0 aromatic heterocycles. The first kappa shape index (κ1) is 21.5. The smallest absolute Gasteiger partial charge is 0.343 e. The summed E-state index contributed by atoms with van der Waals surface area (Å²) in [5, 5.41) is 0.602. The summed E-state index contributed by atoms with van der Waals surface area (Å²) < 4.78 is 21.8. The largest absolute Gasteiger partial charge is 0.497 e. The Morgan fingerprint density at radius 3 is 2.25 bits per heavy atom. The van der Waals surface area contributed by atoms with Crippen LogP contribution in [0, 0.1) is 6.92 Å². The Kier molecular flexibility index (Phi) is 5.88. The van der Waals surface area contributed by atoms with Crippen molar-refractivity contribution in [2.45, 2.75) is 6.92 Å². The first-order valence-corrected chi connectivity index (χ1v) is 10.1. The highest BCUT2D eigenvalue weighted by atomic mass is 35.5. The van der Waals surface area contributed by atoms with E-state index in [1.54, 1.807) is 67.6 Å². The zero-order chi connectivity index (χ0) is 22.8. The minimum atomic E-state index is -0.591. The van der Waals surface area contributed by atoms with Crippen molar-refractivity contribution in [2.24, 2.45) is 0 Å². The topological polar surface area (TPSA) is 71.1 Å². The molecule has 4 rings (SSSR count). The summed E-state index contributed by atoms with van der Waals surface area (Å²) in [4.78, 5) is 25.5. The maximum absolute atomic E-state index is 12.8. The molecule has 0 saturated carbocycles. The number of hydrogen-bond donors (Lipinski definition) is 0.